The van der Waals surface area contributed by atoms with E-state index in [0.717, 1.165) is 17.7 Å². The van der Waals surface area contributed by atoms with Gasteiger partial charge in [-0.25, -0.2) is 8.42 Å². The van der Waals surface area contributed by atoms with Crippen LogP contribution in [0.1, 0.15) is 27.9 Å². The van der Waals surface area contributed by atoms with Crippen molar-refractivity contribution in [1.29, 1.82) is 0 Å². The fourth-order valence-electron chi connectivity index (χ4n) is 3.16. The predicted molar refractivity (Wildman–Crippen MR) is 128 cm³/mol. The Morgan fingerprint density at radius 3 is 2.50 bits per heavy atom. The van der Waals surface area contributed by atoms with Crippen LogP contribution in [0, 0.1) is 30.9 Å². The molecule has 34 heavy (non-hydrogen) atoms. The molecule has 0 aliphatic carbocycles. The van der Waals surface area contributed by atoms with Crippen molar-refractivity contribution in [3.05, 3.63) is 80.7 Å². The van der Waals surface area contributed by atoms with E-state index in [-0.39, 0.29) is 17.0 Å². The lowest BCUT2D eigenvalue weighted by molar-refractivity contribution is -0.385. The maximum atomic E-state index is 13.2. The first kappa shape index (κ1) is 24.6. The number of hydrogen-bond acceptors (Lipinski definition) is 9. The Kier molecular flexibility index (Phi) is 7.13. The van der Waals surface area contributed by atoms with E-state index in [0.29, 0.717) is 22.5 Å². The second-order valence-electron chi connectivity index (χ2n) is 7.52. The highest BCUT2D eigenvalue weighted by molar-refractivity contribution is 7.92. The van der Waals surface area contributed by atoms with Crippen molar-refractivity contribution in [3.8, 4) is 5.75 Å². The molecular weight excluding hydrogens is 462 g/mol. The first-order valence-corrected chi connectivity index (χ1v) is 11.5. The summed E-state index contributed by atoms with van der Waals surface area (Å²) in [6.07, 6.45) is 2.58. The van der Waals surface area contributed by atoms with Crippen LogP contribution >= 0.6 is 0 Å². The lowest BCUT2D eigenvalue weighted by Gasteiger charge is -2.14. The molecule has 2 aromatic carbocycles. The third-order valence-electron chi connectivity index (χ3n) is 5.00. The predicted octanol–water partition coefficient (Wildman–Crippen LogP) is 3.36. The summed E-state index contributed by atoms with van der Waals surface area (Å²) < 4.78 is 28.8. The van der Waals surface area contributed by atoms with Crippen LogP contribution in [0.25, 0.3) is 0 Å². The number of nitro groups is 1. The molecule has 0 atom stereocenters. The van der Waals surface area contributed by atoms with Gasteiger partial charge in [0.25, 0.3) is 15.7 Å². The van der Waals surface area contributed by atoms with Gasteiger partial charge in [-0.15, -0.1) is 0 Å². The molecular formula is C22H23N5O6S. The Hall–Kier alpha value is -4.03. The van der Waals surface area contributed by atoms with Gasteiger partial charge in [0.1, 0.15) is 10.6 Å². The second-order valence-corrected chi connectivity index (χ2v) is 9.17. The van der Waals surface area contributed by atoms with Gasteiger partial charge in [0.05, 0.1) is 34.8 Å². The molecule has 0 aliphatic rings. The van der Waals surface area contributed by atoms with Gasteiger partial charge < -0.3 is 10.2 Å². The molecule has 0 unspecified atom stereocenters. The molecule has 0 bridgehead atoms. The molecule has 1 heterocycles. The second kappa shape index (κ2) is 9.85. The molecule has 0 fully saturated rings. The zero-order valence-electron chi connectivity index (χ0n) is 18.6. The van der Waals surface area contributed by atoms with Crippen LogP contribution in [0.3, 0.4) is 0 Å². The van der Waals surface area contributed by atoms with Gasteiger partial charge in [0, 0.05) is 29.5 Å². The molecule has 0 saturated heterocycles. The van der Waals surface area contributed by atoms with E-state index in [1.807, 2.05) is 6.92 Å². The quantitative estimate of drug-likeness (QED) is 0.214. The van der Waals surface area contributed by atoms with Gasteiger partial charge in [-0.1, -0.05) is 17.7 Å². The minimum absolute atomic E-state index is 0.0325. The van der Waals surface area contributed by atoms with Crippen molar-refractivity contribution >= 4 is 33.3 Å². The van der Waals surface area contributed by atoms with E-state index in [4.69, 9.17) is 0 Å². The molecule has 178 valence electrons. The summed E-state index contributed by atoms with van der Waals surface area (Å²) in [6, 6.07) is 8.44. The van der Waals surface area contributed by atoms with Crippen molar-refractivity contribution in [2.75, 3.05) is 10.1 Å². The van der Waals surface area contributed by atoms with Gasteiger partial charge in [0.2, 0.25) is 0 Å². The highest BCUT2D eigenvalue weighted by Crippen LogP contribution is 2.29. The van der Waals surface area contributed by atoms with Crippen LogP contribution in [0.4, 0.5) is 17.1 Å². The van der Waals surface area contributed by atoms with E-state index in [1.54, 1.807) is 32.0 Å². The number of aliphatic hydroxyl groups excluding tert-OH is 1. The lowest BCUT2D eigenvalue weighted by Crippen LogP contribution is -2.16. The fraction of sp³-hybridized carbons (Fsp3) is 0.182. The molecule has 11 nitrogen and oxygen atoms in total. The van der Waals surface area contributed by atoms with E-state index in [1.165, 1.54) is 18.5 Å². The van der Waals surface area contributed by atoms with Gasteiger partial charge in [0.15, 0.2) is 0 Å². The van der Waals surface area contributed by atoms with E-state index in [2.05, 4.69) is 20.2 Å². The van der Waals surface area contributed by atoms with Crippen LogP contribution in [0.15, 0.2) is 52.6 Å². The Bertz CT molecular complexity index is 1390. The van der Waals surface area contributed by atoms with E-state index in [9.17, 15) is 28.7 Å². The maximum absolute atomic E-state index is 13.2. The number of aliphatic hydroxyl groups is 1. The molecule has 3 aromatic rings. The number of hydrogen-bond donors (Lipinski definition) is 4. The summed E-state index contributed by atoms with van der Waals surface area (Å²) in [6.45, 7) is 4.78. The molecule has 0 amide bonds. The molecule has 0 aliphatic heterocycles. The number of aryl methyl sites for hydroxylation is 3. The first-order chi connectivity index (χ1) is 16.0. The number of nitro benzene ring substituents is 1. The minimum Gasteiger partial charge on any atom is -0.505 e. The summed E-state index contributed by atoms with van der Waals surface area (Å²) in [5.41, 5.74) is 4.89. The first-order valence-electron chi connectivity index (χ1n) is 9.99. The van der Waals surface area contributed by atoms with Crippen molar-refractivity contribution in [2.24, 2.45) is 5.10 Å². The number of anilines is 2. The lowest BCUT2D eigenvalue weighted by atomic mass is 10.1. The van der Waals surface area contributed by atoms with Crippen LogP contribution in [-0.4, -0.2) is 34.8 Å². The Labute approximate surface area is 196 Å². The summed E-state index contributed by atoms with van der Waals surface area (Å²) >= 11 is 0. The number of aromatic nitrogens is 1. The molecule has 0 radical (unpaired) electrons. The maximum Gasteiger partial charge on any atom is 0.270 e. The molecule has 4 N–H and O–H groups in total. The highest BCUT2D eigenvalue weighted by atomic mass is 32.2. The fourth-order valence-corrected chi connectivity index (χ4v) is 4.46. The van der Waals surface area contributed by atoms with Gasteiger partial charge in [-0.3, -0.25) is 25.2 Å². The average Bonchev–Trinajstić information content (AvgIpc) is 2.78. The zero-order valence-corrected chi connectivity index (χ0v) is 19.4. The smallest absolute Gasteiger partial charge is 0.270 e. The SMILES string of the molecule is Cc1ccc(NS(=O)(=O)c2cc([N+](=O)[O-])ccc2N/N=C/c2c(CO)cnc(C)c2O)c(C)c1. The molecule has 12 heteroatoms. The van der Waals surface area contributed by atoms with E-state index >= 15 is 0 Å². The van der Waals surface area contributed by atoms with Crippen molar-refractivity contribution in [3.63, 3.8) is 0 Å². The van der Waals surface area contributed by atoms with E-state index < -0.39 is 32.1 Å². The summed E-state index contributed by atoms with van der Waals surface area (Å²) in [5.74, 6) is -0.190. The average molecular weight is 486 g/mol. The van der Waals surface area contributed by atoms with Gasteiger partial charge in [-0.2, -0.15) is 5.10 Å². The number of nitrogens with zero attached hydrogens (tertiary/aromatic N) is 3. The third kappa shape index (κ3) is 5.30. The summed E-state index contributed by atoms with van der Waals surface area (Å²) in [4.78, 5) is 14.1. The van der Waals surface area contributed by atoms with Gasteiger partial charge >= 0.3 is 0 Å². The summed E-state index contributed by atoms with van der Waals surface area (Å²) in [7, 11) is -4.25. The number of pyridine rings is 1. The van der Waals surface area contributed by atoms with Crippen molar-refractivity contribution in [1.82, 2.24) is 4.98 Å². The number of non-ortho nitro benzene ring substituents is 1. The molecule has 0 saturated carbocycles. The van der Waals surface area contributed by atoms with Crippen LogP contribution in [0.5, 0.6) is 5.75 Å². The number of sulfonamides is 1. The Balaban J connectivity index is 2.00. The molecule has 0 spiro atoms. The number of nitrogens with one attached hydrogen (secondary N) is 2. The van der Waals surface area contributed by atoms with Gasteiger partial charge in [-0.05, 0) is 38.5 Å². The summed E-state index contributed by atoms with van der Waals surface area (Å²) in [5, 5.41) is 34.9. The Morgan fingerprint density at radius 2 is 1.85 bits per heavy atom. The number of rotatable bonds is 8. The van der Waals surface area contributed by atoms with Crippen molar-refractivity contribution in [2.45, 2.75) is 32.3 Å². The molecule has 1 aromatic heterocycles. The largest absolute Gasteiger partial charge is 0.505 e. The standard InChI is InChI=1S/C22H23N5O6S/c1-13-4-6-19(14(2)8-13)26-34(32,33)21-9-17(27(30)31)5-7-20(21)25-24-11-18-16(12-28)10-23-15(3)22(18)29/h4-11,25-26,28-29H,12H2,1-3H3/b24-11+. The topological polar surface area (TPSA) is 167 Å². The number of hydrazone groups is 1. The highest BCUT2D eigenvalue weighted by Gasteiger charge is 2.23. The monoisotopic (exact) mass is 485 g/mol. The van der Waals surface area contributed by atoms with Crippen LogP contribution in [-0.2, 0) is 16.6 Å². The molecule has 3 rings (SSSR count). The van der Waals surface area contributed by atoms with Crippen molar-refractivity contribution < 1.29 is 23.6 Å². The Morgan fingerprint density at radius 1 is 1.15 bits per heavy atom. The third-order valence-corrected chi connectivity index (χ3v) is 6.40. The van der Waals surface area contributed by atoms with Crippen LogP contribution in [0.2, 0.25) is 0 Å². The number of benzene rings is 2. The number of aromatic hydroxyl groups is 1. The zero-order chi connectivity index (χ0) is 25.0. The van der Waals surface area contributed by atoms with Crippen LogP contribution < -0.4 is 10.1 Å². The normalized spacial score (nSPS) is 11.5. The minimum atomic E-state index is -4.25.